The summed E-state index contributed by atoms with van der Waals surface area (Å²) in [6, 6.07) is 5.33. The number of amides is 2. The van der Waals surface area contributed by atoms with E-state index in [0.29, 0.717) is 30.5 Å². The van der Waals surface area contributed by atoms with Gasteiger partial charge in [0.2, 0.25) is 12.3 Å². The maximum absolute atomic E-state index is 11.2. The highest BCUT2D eigenvalue weighted by Crippen LogP contribution is 2.25. The zero-order valence-electron chi connectivity index (χ0n) is 12.0. The summed E-state index contributed by atoms with van der Waals surface area (Å²) in [6.07, 6.45) is 2.62. The lowest BCUT2D eigenvalue weighted by Gasteiger charge is -2.17. The molecule has 1 rings (SSSR count). The van der Waals surface area contributed by atoms with Gasteiger partial charge in [0.25, 0.3) is 0 Å². The molecule has 114 valence electrons. The first-order valence-corrected chi connectivity index (χ1v) is 6.90. The van der Waals surface area contributed by atoms with Crippen molar-refractivity contribution in [3.05, 3.63) is 41.4 Å². The SMILES string of the molecule is C=CCOc1ccc(CN(C=O)CCC(=O)NC)cc1Cl. The molecule has 1 aromatic carbocycles. The summed E-state index contributed by atoms with van der Waals surface area (Å²) >= 11 is 6.11. The first-order valence-electron chi connectivity index (χ1n) is 6.52. The fourth-order valence-electron chi connectivity index (χ4n) is 1.68. The van der Waals surface area contributed by atoms with Crippen molar-refractivity contribution in [2.24, 2.45) is 0 Å². The average Bonchev–Trinajstić information content (AvgIpc) is 2.50. The molecule has 21 heavy (non-hydrogen) atoms. The van der Waals surface area contributed by atoms with E-state index in [9.17, 15) is 9.59 Å². The van der Waals surface area contributed by atoms with Gasteiger partial charge in [0.1, 0.15) is 12.4 Å². The largest absolute Gasteiger partial charge is 0.488 e. The monoisotopic (exact) mass is 310 g/mol. The van der Waals surface area contributed by atoms with E-state index in [4.69, 9.17) is 16.3 Å². The van der Waals surface area contributed by atoms with Crippen LogP contribution in [-0.2, 0) is 16.1 Å². The van der Waals surface area contributed by atoms with Crippen LogP contribution in [0.1, 0.15) is 12.0 Å². The predicted octanol–water partition coefficient (Wildman–Crippen LogP) is 2.00. The third kappa shape index (κ3) is 5.87. The smallest absolute Gasteiger partial charge is 0.221 e. The molecule has 0 heterocycles. The van der Waals surface area contributed by atoms with Crippen molar-refractivity contribution in [3.63, 3.8) is 0 Å². The van der Waals surface area contributed by atoms with E-state index in [-0.39, 0.29) is 12.3 Å². The second kappa shape index (κ2) is 9.02. The van der Waals surface area contributed by atoms with Crippen molar-refractivity contribution >= 4 is 23.9 Å². The summed E-state index contributed by atoms with van der Waals surface area (Å²) in [5, 5.41) is 3.00. The number of rotatable bonds is 9. The Labute approximate surface area is 129 Å². The molecule has 0 radical (unpaired) electrons. The van der Waals surface area contributed by atoms with Gasteiger partial charge in [-0.05, 0) is 17.7 Å². The Balaban J connectivity index is 2.63. The summed E-state index contributed by atoms with van der Waals surface area (Å²) in [7, 11) is 1.56. The highest BCUT2D eigenvalue weighted by molar-refractivity contribution is 6.32. The minimum Gasteiger partial charge on any atom is -0.488 e. The van der Waals surface area contributed by atoms with E-state index in [1.165, 1.54) is 4.90 Å². The molecule has 0 aliphatic rings. The molecule has 0 saturated carbocycles. The lowest BCUT2D eigenvalue weighted by molar-refractivity contribution is -0.122. The Kier molecular flexibility index (Phi) is 7.32. The Hall–Kier alpha value is -2.01. The highest BCUT2D eigenvalue weighted by Gasteiger charge is 2.08. The summed E-state index contributed by atoms with van der Waals surface area (Å²) < 4.78 is 5.38. The van der Waals surface area contributed by atoms with Crippen molar-refractivity contribution in [2.75, 3.05) is 20.2 Å². The molecule has 0 fully saturated rings. The first-order chi connectivity index (χ1) is 10.1. The lowest BCUT2D eigenvalue weighted by atomic mass is 10.2. The second-order valence-corrected chi connectivity index (χ2v) is 4.77. The van der Waals surface area contributed by atoms with Gasteiger partial charge in [-0.25, -0.2) is 0 Å². The van der Waals surface area contributed by atoms with Crippen molar-refractivity contribution in [1.82, 2.24) is 10.2 Å². The number of benzene rings is 1. The molecule has 0 bridgehead atoms. The summed E-state index contributed by atoms with van der Waals surface area (Å²) in [4.78, 5) is 23.7. The Morgan fingerprint density at radius 1 is 1.52 bits per heavy atom. The number of carbonyl (C=O) groups is 2. The molecule has 1 aromatic rings. The summed E-state index contributed by atoms with van der Waals surface area (Å²) in [5.41, 5.74) is 0.870. The van der Waals surface area contributed by atoms with Gasteiger partial charge in [-0.3, -0.25) is 9.59 Å². The molecule has 5 nitrogen and oxygen atoms in total. The van der Waals surface area contributed by atoms with Crippen molar-refractivity contribution in [2.45, 2.75) is 13.0 Å². The number of ether oxygens (including phenoxy) is 1. The van der Waals surface area contributed by atoms with Crippen molar-refractivity contribution in [3.8, 4) is 5.75 Å². The second-order valence-electron chi connectivity index (χ2n) is 4.36. The zero-order chi connectivity index (χ0) is 15.7. The molecule has 0 atom stereocenters. The molecule has 0 aromatic heterocycles. The van der Waals surface area contributed by atoms with Crippen LogP contribution in [0, 0.1) is 0 Å². The van der Waals surface area contributed by atoms with Gasteiger partial charge >= 0.3 is 0 Å². The normalized spacial score (nSPS) is 9.81. The van der Waals surface area contributed by atoms with Gasteiger partial charge in [-0.2, -0.15) is 0 Å². The quantitative estimate of drug-likeness (QED) is 0.560. The van der Waals surface area contributed by atoms with Crippen molar-refractivity contribution in [1.29, 1.82) is 0 Å². The molecule has 0 saturated heterocycles. The minimum atomic E-state index is -0.104. The Bertz CT molecular complexity index is 506. The maximum Gasteiger partial charge on any atom is 0.221 e. The van der Waals surface area contributed by atoms with Crippen molar-refractivity contribution < 1.29 is 14.3 Å². The zero-order valence-corrected chi connectivity index (χ0v) is 12.7. The highest BCUT2D eigenvalue weighted by atomic mass is 35.5. The molecule has 1 N–H and O–H groups in total. The van der Waals surface area contributed by atoms with Crippen LogP contribution in [0.15, 0.2) is 30.9 Å². The van der Waals surface area contributed by atoms with Gasteiger partial charge in [-0.15, -0.1) is 0 Å². The Morgan fingerprint density at radius 2 is 2.29 bits per heavy atom. The van der Waals surface area contributed by atoms with Gasteiger partial charge in [0.15, 0.2) is 0 Å². The van der Waals surface area contributed by atoms with E-state index in [1.54, 1.807) is 25.3 Å². The predicted molar refractivity (Wildman–Crippen MR) is 82.3 cm³/mol. The number of hydrogen-bond acceptors (Lipinski definition) is 3. The number of carbonyl (C=O) groups excluding carboxylic acids is 2. The number of nitrogens with zero attached hydrogens (tertiary/aromatic N) is 1. The molecule has 0 aliphatic heterocycles. The fourth-order valence-corrected chi connectivity index (χ4v) is 1.94. The maximum atomic E-state index is 11.2. The van der Waals surface area contributed by atoms with Crippen LogP contribution in [0.5, 0.6) is 5.75 Å². The molecular weight excluding hydrogens is 292 g/mol. The van der Waals surface area contributed by atoms with Crippen LogP contribution in [-0.4, -0.2) is 37.4 Å². The minimum absolute atomic E-state index is 0.104. The summed E-state index contributed by atoms with van der Waals surface area (Å²) in [6.45, 7) is 4.70. The number of halogens is 1. The van der Waals surface area contributed by atoms with E-state index in [2.05, 4.69) is 11.9 Å². The fraction of sp³-hybridized carbons (Fsp3) is 0.333. The molecule has 2 amide bonds. The van der Waals surface area contributed by atoms with Crippen LogP contribution in [0.4, 0.5) is 0 Å². The molecular formula is C15H19ClN2O3. The molecule has 0 unspecified atom stereocenters. The van der Waals surface area contributed by atoms with Crippen LogP contribution in [0.25, 0.3) is 0 Å². The van der Waals surface area contributed by atoms with Crippen LogP contribution < -0.4 is 10.1 Å². The van der Waals surface area contributed by atoms with E-state index in [1.807, 2.05) is 6.07 Å². The van der Waals surface area contributed by atoms with E-state index < -0.39 is 0 Å². The topological polar surface area (TPSA) is 58.6 Å². The van der Waals surface area contributed by atoms with Gasteiger partial charge in [-0.1, -0.05) is 30.3 Å². The molecule has 6 heteroatoms. The number of hydrogen-bond donors (Lipinski definition) is 1. The Morgan fingerprint density at radius 3 is 2.86 bits per heavy atom. The number of nitrogens with one attached hydrogen (secondary N) is 1. The first kappa shape index (κ1) is 17.0. The average molecular weight is 311 g/mol. The van der Waals surface area contributed by atoms with Crippen LogP contribution in [0.3, 0.4) is 0 Å². The standard InChI is InChI=1S/C15H19ClN2O3/c1-3-8-21-14-5-4-12(9-13(14)16)10-18(11-19)7-6-15(20)17-2/h3-5,9,11H,1,6-8,10H2,2H3,(H,17,20). The van der Waals surface area contributed by atoms with E-state index >= 15 is 0 Å². The molecule has 0 spiro atoms. The molecule has 0 aliphatic carbocycles. The van der Waals surface area contributed by atoms with Crippen LogP contribution in [0.2, 0.25) is 5.02 Å². The van der Waals surface area contributed by atoms with Gasteiger partial charge in [0, 0.05) is 26.6 Å². The third-order valence-corrected chi connectivity index (χ3v) is 3.09. The van der Waals surface area contributed by atoms with E-state index in [0.717, 1.165) is 12.0 Å². The van der Waals surface area contributed by atoms with Gasteiger partial charge < -0.3 is 15.0 Å². The van der Waals surface area contributed by atoms with Gasteiger partial charge in [0.05, 0.1) is 5.02 Å². The lowest BCUT2D eigenvalue weighted by Crippen LogP contribution is -2.28. The van der Waals surface area contributed by atoms with Crippen LogP contribution >= 0.6 is 11.6 Å². The third-order valence-electron chi connectivity index (χ3n) is 2.79. The summed E-state index contributed by atoms with van der Waals surface area (Å²) in [5.74, 6) is 0.469.